The predicted molar refractivity (Wildman–Crippen MR) is 111 cm³/mol. The van der Waals surface area contributed by atoms with Gasteiger partial charge in [0.05, 0.1) is 34.5 Å². The molecule has 144 valence electrons. The molecule has 0 amide bonds. The molecule has 8 heteroatoms. The molecule has 0 bridgehead atoms. The highest BCUT2D eigenvalue weighted by Crippen LogP contribution is 2.34. The topological polar surface area (TPSA) is 73.3 Å². The summed E-state index contributed by atoms with van der Waals surface area (Å²) in [5, 5.41) is 6.44. The molecule has 2 N–H and O–H groups in total. The molecule has 0 aliphatic rings. The van der Waals surface area contributed by atoms with Crippen molar-refractivity contribution < 1.29 is 18.9 Å². The van der Waals surface area contributed by atoms with Gasteiger partial charge in [-0.1, -0.05) is 0 Å². The fourth-order valence-electron chi connectivity index (χ4n) is 2.11. The van der Waals surface area contributed by atoms with E-state index in [0.717, 1.165) is 18.1 Å². The van der Waals surface area contributed by atoms with Crippen LogP contribution in [0.15, 0.2) is 17.1 Å². The van der Waals surface area contributed by atoms with E-state index >= 15 is 0 Å². The number of aliphatic imine (C=N–C) groups is 1. The summed E-state index contributed by atoms with van der Waals surface area (Å²) in [7, 11) is 4.83. The molecular formula is C17H30IN3O4. The van der Waals surface area contributed by atoms with Crippen LogP contribution in [0.25, 0.3) is 0 Å². The first-order chi connectivity index (χ1) is 11.7. The number of nitrogens with zero attached hydrogens (tertiary/aromatic N) is 1. The Bertz CT molecular complexity index is 527. The fourth-order valence-corrected chi connectivity index (χ4v) is 2.11. The number of ether oxygens (including phenoxy) is 4. The van der Waals surface area contributed by atoms with Crippen molar-refractivity contribution in [1.29, 1.82) is 0 Å². The number of halogens is 1. The highest BCUT2D eigenvalue weighted by Gasteiger charge is 2.11. The lowest BCUT2D eigenvalue weighted by atomic mass is 10.1. The van der Waals surface area contributed by atoms with Crippen molar-refractivity contribution in [2.24, 2.45) is 4.99 Å². The van der Waals surface area contributed by atoms with Crippen molar-refractivity contribution in [2.75, 3.05) is 47.6 Å². The monoisotopic (exact) mass is 467 g/mol. The number of rotatable bonds is 10. The van der Waals surface area contributed by atoms with E-state index in [1.807, 2.05) is 19.9 Å². The van der Waals surface area contributed by atoms with Crippen LogP contribution in [-0.2, 0) is 11.3 Å². The summed E-state index contributed by atoms with van der Waals surface area (Å²) in [6, 6.07) is 3.68. The average molecular weight is 467 g/mol. The summed E-state index contributed by atoms with van der Waals surface area (Å²) in [6.45, 7) is 7.28. The molecule has 0 heterocycles. The molecule has 1 aromatic rings. The summed E-state index contributed by atoms with van der Waals surface area (Å²) in [4.78, 5) is 4.58. The quantitative estimate of drug-likeness (QED) is 0.238. The lowest BCUT2D eigenvalue weighted by molar-refractivity contribution is 0.152. The Hall–Kier alpha value is -1.42. The molecule has 0 atom stereocenters. The summed E-state index contributed by atoms with van der Waals surface area (Å²) >= 11 is 0. The normalized spacial score (nSPS) is 10.7. The van der Waals surface area contributed by atoms with Crippen molar-refractivity contribution in [3.8, 4) is 17.2 Å². The smallest absolute Gasteiger partial charge is 0.191 e. The fraction of sp³-hybridized carbons (Fsp3) is 0.588. The lowest BCUT2D eigenvalue weighted by Gasteiger charge is -2.14. The van der Waals surface area contributed by atoms with Crippen molar-refractivity contribution in [1.82, 2.24) is 10.6 Å². The standard InChI is InChI=1S/C17H29N3O4.HI/c1-6-18-17(19-8-9-24-7-2)20-12-13-10-15(22-4)16(23-5)11-14(13)21-3;/h10-11H,6-9,12H2,1-5H3,(H2,18,19,20);1H. The van der Waals surface area contributed by atoms with E-state index in [0.29, 0.717) is 43.6 Å². The van der Waals surface area contributed by atoms with Crippen molar-refractivity contribution in [3.63, 3.8) is 0 Å². The number of hydrogen-bond donors (Lipinski definition) is 2. The third kappa shape index (κ3) is 8.00. The van der Waals surface area contributed by atoms with Crippen molar-refractivity contribution >= 4 is 29.9 Å². The van der Waals surface area contributed by atoms with Gasteiger partial charge >= 0.3 is 0 Å². The van der Waals surface area contributed by atoms with Gasteiger partial charge in [0.1, 0.15) is 5.75 Å². The van der Waals surface area contributed by atoms with Gasteiger partial charge in [0.25, 0.3) is 0 Å². The van der Waals surface area contributed by atoms with Gasteiger partial charge in [0.2, 0.25) is 0 Å². The first kappa shape index (κ1) is 23.6. The SMILES string of the molecule is CCNC(=NCc1cc(OC)c(OC)cc1OC)NCCOCC.I. The van der Waals surface area contributed by atoms with E-state index in [1.165, 1.54) is 0 Å². The maximum absolute atomic E-state index is 5.43. The van der Waals surface area contributed by atoms with Gasteiger partial charge in [-0.15, -0.1) is 24.0 Å². The third-order valence-corrected chi connectivity index (χ3v) is 3.28. The third-order valence-electron chi connectivity index (χ3n) is 3.28. The largest absolute Gasteiger partial charge is 0.496 e. The predicted octanol–water partition coefficient (Wildman–Crippen LogP) is 2.42. The molecule has 0 unspecified atom stereocenters. The van der Waals surface area contributed by atoms with Crippen LogP contribution in [0.2, 0.25) is 0 Å². The number of methoxy groups -OCH3 is 3. The molecule has 0 radical (unpaired) electrons. The van der Waals surface area contributed by atoms with Crippen LogP contribution < -0.4 is 24.8 Å². The van der Waals surface area contributed by atoms with Gasteiger partial charge in [-0.25, -0.2) is 4.99 Å². The van der Waals surface area contributed by atoms with Gasteiger partial charge in [-0.05, 0) is 19.9 Å². The van der Waals surface area contributed by atoms with Gasteiger partial charge in [0, 0.05) is 31.3 Å². The summed E-state index contributed by atoms with van der Waals surface area (Å²) in [6.07, 6.45) is 0. The maximum atomic E-state index is 5.43. The molecule has 0 aromatic heterocycles. The zero-order valence-corrected chi connectivity index (χ0v) is 18.0. The summed E-state index contributed by atoms with van der Waals surface area (Å²) in [5.41, 5.74) is 0.914. The van der Waals surface area contributed by atoms with Crippen LogP contribution in [0.5, 0.6) is 17.2 Å². The Morgan fingerprint density at radius 2 is 1.60 bits per heavy atom. The molecule has 0 saturated carbocycles. The Labute approximate surface area is 167 Å². The minimum atomic E-state index is 0. The molecule has 25 heavy (non-hydrogen) atoms. The first-order valence-corrected chi connectivity index (χ1v) is 8.08. The number of benzene rings is 1. The van der Waals surface area contributed by atoms with Crippen LogP contribution >= 0.6 is 24.0 Å². The molecule has 0 aliphatic heterocycles. The van der Waals surface area contributed by atoms with Crippen LogP contribution in [0.4, 0.5) is 0 Å². The maximum Gasteiger partial charge on any atom is 0.191 e. The van der Waals surface area contributed by atoms with Crippen LogP contribution in [-0.4, -0.2) is 53.6 Å². The molecule has 7 nitrogen and oxygen atoms in total. The highest BCUT2D eigenvalue weighted by atomic mass is 127. The van der Waals surface area contributed by atoms with E-state index in [4.69, 9.17) is 18.9 Å². The van der Waals surface area contributed by atoms with E-state index in [2.05, 4.69) is 15.6 Å². The van der Waals surface area contributed by atoms with Gasteiger partial charge < -0.3 is 29.6 Å². The van der Waals surface area contributed by atoms with Crippen molar-refractivity contribution in [3.05, 3.63) is 17.7 Å². The Morgan fingerprint density at radius 1 is 0.960 bits per heavy atom. The van der Waals surface area contributed by atoms with Crippen LogP contribution in [0.3, 0.4) is 0 Å². The average Bonchev–Trinajstić information content (AvgIpc) is 2.62. The number of guanidine groups is 1. The van der Waals surface area contributed by atoms with E-state index in [-0.39, 0.29) is 24.0 Å². The van der Waals surface area contributed by atoms with Crippen molar-refractivity contribution in [2.45, 2.75) is 20.4 Å². The molecule has 1 aromatic carbocycles. The molecular weight excluding hydrogens is 437 g/mol. The van der Waals surface area contributed by atoms with E-state index in [1.54, 1.807) is 27.4 Å². The Kier molecular flexibility index (Phi) is 13.0. The highest BCUT2D eigenvalue weighted by molar-refractivity contribution is 14.0. The zero-order valence-electron chi connectivity index (χ0n) is 15.7. The molecule has 0 fully saturated rings. The van der Waals surface area contributed by atoms with Gasteiger partial charge in [0.15, 0.2) is 17.5 Å². The second-order valence-electron chi connectivity index (χ2n) is 4.84. The lowest BCUT2D eigenvalue weighted by Crippen LogP contribution is -2.39. The van der Waals surface area contributed by atoms with E-state index in [9.17, 15) is 0 Å². The summed E-state index contributed by atoms with van der Waals surface area (Å²) in [5.74, 6) is 2.72. The van der Waals surface area contributed by atoms with Gasteiger partial charge in [-0.2, -0.15) is 0 Å². The molecule has 1 rings (SSSR count). The number of nitrogens with one attached hydrogen (secondary N) is 2. The minimum Gasteiger partial charge on any atom is -0.496 e. The van der Waals surface area contributed by atoms with Crippen LogP contribution in [0.1, 0.15) is 19.4 Å². The molecule has 0 aliphatic carbocycles. The van der Waals surface area contributed by atoms with Crippen LogP contribution in [0, 0.1) is 0 Å². The van der Waals surface area contributed by atoms with Gasteiger partial charge in [-0.3, -0.25) is 0 Å². The second-order valence-corrected chi connectivity index (χ2v) is 4.84. The summed E-state index contributed by atoms with van der Waals surface area (Å²) < 4.78 is 21.4. The zero-order chi connectivity index (χ0) is 17.8. The Morgan fingerprint density at radius 3 is 2.16 bits per heavy atom. The van der Waals surface area contributed by atoms with E-state index < -0.39 is 0 Å². The first-order valence-electron chi connectivity index (χ1n) is 8.08. The molecule has 0 spiro atoms. The number of hydrogen-bond acceptors (Lipinski definition) is 5. The minimum absolute atomic E-state index is 0. The molecule has 0 saturated heterocycles. The Balaban J connectivity index is 0.00000576. The second kappa shape index (κ2) is 13.8.